The predicted octanol–water partition coefficient (Wildman–Crippen LogP) is 3.86. The van der Waals surface area contributed by atoms with Gasteiger partial charge < -0.3 is 10.6 Å². The van der Waals surface area contributed by atoms with Crippen molar-refractivity contribution < 1.29 is 9.59 Å². The molecule has 2 amide bonds. The minimum Gasteiger partial charge on any atom is -0.326 e. The van der Waals surface area contributed by atoms with Crippen molar-refractivity contribution in [2.24, 2.45) is 0 Å². The van der Waals surface area contributed by atoms with Crippen LogP contribution in [0.5, 0.6) is 0 Å². The fourth-order valence-corrected chi connectivity index (χ4v) is 2.10. The minimum absolute atomic E-state index is 0.149. The van der Waals surface area contributed by atoms with Crippen LogP contribution in [0.3, 0.4) is 0 Å². The molecular formula is C19H20N2O2. The molecule has 2 aromatic carbocycles. The van der Waals surface area contributed by atoms with Crippen LogP contribution < -0.4 is 10.6 Å². The summed E-state index contributed by atoms with van der Waals surface area (Å²) in [5, 5.41) is 5.45. The summed E-state index contributed by atoms with van der Waals surface area (Å²) < 4.78 is 0. The van der Waals surface area contributed by atoms with Gasteiger partial charge in [0.25, 0.3) is 0 Å². The summed E-state index contributed by atoms with van der Waals surface area (Å²) in [5.74, 6) is -0.367. The molecule has 0 aliphatic carbocycles. The molecule has 0 unspecified atom stereocenters. The molecule has 0 fully saturated rings. The second-order valence-corrected chi connectivity index (χ2v) is 5.18. The van der Waals surface area contributed by atoms with Crippen LogP contribution in [0.4, 0.5) is 11.4 Å². The van der Waals surface area contributed by atoms with Crippen molar-refractivity contribution in [2.75, 3.05) is 10.6 Å². The van der Waals surface area contributed by atoms with Crippen LogP contribution in [-0.4, -0.2) is 11.8 Å². The summed E-state index contributed by atoms with van der Waals surface area (Å²) in [6.45, 7) is 3.55. The summed E-state index contributed by atoms with van der Waals surface area (Å²) in [6.07, 6.45) is 4.26. The molecule has 4 nitrogen and oxygen atoms in total. The predicted molar refractivity (Wildman–Crippen MR) is 94.2 cm³/mol. The number of rotatable bonds is 5. The highest BCUT2D eigenvalue weighted by atomic mass is 16.2. The average Bonchev–Trinajstić information content (AvgIpc) is 2.53. The lowest BCUT2D eigenvalue weighted by Gasteiger charge is -2.06. The van der Waals surface area contributed by atoms with Crippen molar-refractivity contribution in [2.45, 2.75) is 20.3 Å². The van der Waals surface area contributed by atoms with Gasteiger partial charge in [-0.2, -0.15) is 0 Å². The van der Waals surface area contributed by atoms with Crippen molar-refractivity contribution in [1.82, 2.24) is 0 Å². The largest absolute Gasteiger partial charge is 0.326 e. The Balaban J connectivity index is 1.98. The van der Waals surface area contributed by atoms with Crippen LogP contribution in [0.15, 0.2) is 54.6 Å². The zero-order valence-electron chi connectivity index (χ0n) is 13.3. The molecule has 0 aliphatic rings. The van der Waals surface area contributed by atoms with E-state index in [9.17, 15) is 9.59 Å². The van der Waals surface area contributed by atoms with Crippen LogP contribution in [0, 0.1) is 0 Å². The van der Waals surface area contributed by atoms with Gasteiger partial charge in [-0.05, 0) is 41.8 Å². The van der Waals surface area contributed by atoms with Gasteiger partial charge in [-0.25, -0.2) is 0 Å². The number of hydrogen-bond donors (Lipinski definition) is 2. The normalized spacial score (nSPS) is 10.5. The highest BCUT2D eigenvalue weighted by Crippen LogP contribution is 2.15. The lowest BCUT2D eigenvalue weighted by Crippen LogP contribution is -2.09. The van der Waals surface area contributed by atoms with E-state index in [2.05, 4.69) is 29.7 Å². The smallest absolute Gasteiger partial charge is 0.248 e. The Kier molecular flexibility index (Phi) is 5.69. The van der Waals surface area contributed by atoms with Gasteiger partial charge in [-0.3, -0.25) is 9.59 Å². The number of carbonyl (C=O) groups excluding carboxylic acids is 2. The molecule has 2 N–H and O–H groups in total. The zero-order chi connectivity index (χ0) is 16.7. The van der Waals surface area contributed by atoms with Gasteiger partial charge in [0.15, 0.2) is 0 Å². The molecule has 2 rings (SSSR count). The maximum Gasteiger partial charge on any atom is 0.248 e. The Morgan fingerprint density at radius 2 is 1.65 bits per heavy atom. The highest BCUT2D eigenvalue weighted by Gasteiger charge is 2.01. The van der Waals surface area contributed by atoms with E-state index >= 15 is 0 Å². The molecule has 118 valence electrons. The summed E-state index contributed by atoms with van der Waals surface area (Å²) in [6, 6.07) is 15.1. The van der Waals surface area contributed by atoms with Crippen molar-refractivity contribution >= 4 is 29.3 Å². The van der Waals surface area contributed by atoms with Gasteiger partial charge in [0.2, 0.25) is 11.8 Å². The molecule has 0 aromatic heterocycles. The van der Waals surface area contributed by atoms with Gasteiger partial charge in [-0.15, -0.1) is 0 Å². The van der Waals surface area contributed by atoms with E-state index in [4.69, 9.17) is 0 Å². The number of carbonyl (C=O) groups is 2. The molecule has 0 spiro atoms. The molecule has 2 aromatic rings. The number of amides is 2. The Hall–Kier alpha value is -2.88. The first kappa shape index (κ1) is 16.5. The topological polar surface area (TPSA) is 58.2 Å². The average molecular weight is 308 g/mol. The fourth-order valence-electron chi connectivity index (χ4n) is 2.10. The molecule has 0 heterocycles. The summed E-state index contributed by atoms with van der Waals surface area (Å²) in [5.41, 5.74) is 3.52. The third kappa shape index (κ3) is 5.43. The summed E-state index contributed by atoms with van der Waals surface area (Å²) in [7, 11) is 0. The Labute approximate surface area is 136 Å². The van der Waals surface area contributed by atoms with Crippen LogP contribution in [0.25, 0.3) is 6.08 Å². The van der Waals surface area contributed by atoms with E-state index in [0.717, 1.165) is 12.0 Å². The lowest BCUT2D eigenvalue weighted by molar-refractivity contribution is -0.114. The van der Waals surface area contributed by atoms with Gasteiger partial charge >= 0.3 is 0 Å². The van der Waals surface area contributed by atoms with Crippen LogP contribution >= 0.6 is 0 Å². The monoisotopic (exact) mass is 308 g/mol. The molecule has 0 saturated carbocycles. The maximum absolute atomic E-state index is 12.0. The number of hydrogen-bond acceptors (Lipinski definition) is 2. The number of benzene rings is 2. The maximum atomic E-state index is 12.0. The Morgan fingerprint density at radius 1 is 1.00 bits per heavy atom. The van der Waals surface area contributed by atoms with Crippen LogP contribution in [0.2, 0.25) is 0 Å². The first-order valence-electron chi connectivity index (χ1n) is 7.52. The second kappa shape index (κ2) is 7.94. The molecule has 0 bridgehead atoms. The minimum atomic E-state index is -0.218. The molecule has 4 heteroatoms. The zero-order valence-corrected chi connectivity index (χ0v) is 13.3. The first-order valence-corrected chi connectivity index (χ1v) is 7.52. The van der Waals surface area contributed by atoms with Crippen LogP contribution in [-0.2, 0) is 16.0 Å². The van der Waals surface area contributed by atoms with Crippen molar-refractivity contribution in [3.63, 3.8) is 0 Å². The molecule has 0 atom stereocenters. The molecular weight excluding hydrogens is 288 g/mol. The Morgan fingerprint density at radius 3 is 2.26 bits per heavy atom. The molecule has 0 radical (unpaired) electrons. The molecule has 23 heavy (non-hydrogen) atoms. The molecule has 0 saturated heterocycles. The Bertz CT molecular complexity index is 718. The third-order valence-electron chi connectivity index (χ3n) is 3.27. The fraction of sp³-hybridized carbons (Fsp3) is 0.158. The second-order valence-electron chi connectivity index (χ2n) is 5.18. The number of nitrogens with one attached hydrogen (secondary N) is 2. The van der Waals surface area contributed by atoms with Gasteiger partial charge in [0, 0.05) is 24.4 Å². The van der Waals surface area contributed by atoms with E-state index in [0.29, 0.717) is 11.4 Å². The SMILES string of the molecule is CCc1ccc(C=CC(=O)Nc2cccc(NC(C)=O)c2)cc1. The van der Waals surface area contributed by atoms with Crippen molar-refractivity contribution in [3.05, 3.63) is 65.7 Å². The van der Waals surface area contributed by atoms with Crippen LogP contribution in [0.1, 0.15) is 25.0 Å². The first-order chi connectivity index (χ1) is 11.1. The number of anilines is 2. The van der Waals surface area contributed by atoms with Crippen molar-refractivity contribution in [3.8, 4) is 0 Å². The van der Waals surface area contributed by atoms with E-state index < -0.39 is 0 Å². The molecule has 0 aliphatic heterocycles. The summed E-state index contributed by atoms with van der Waals surface area (Å²) >= 11 is 0. The standard InChI is InChI=1S/C19H20N2O2/c1-3-15-7-9-16(10-8-15)11-12-19(23)21-18-6-4-5-17(13-18)20-14(2)22/h4-13H,3H2,1-2H3,(H,20,22)(H,21,23). The van der Waals surface area contributed by atoms with Gasteiger partial charge in [-0.1, -0.05) is 37.3 Å². The van der Waals surface area contributed by atoms with E-state index in [-0.39, 0.29) is 11.8 Å². The van der Waals surface area contributed by atoms with Crippen molar-refractivity contribution in [1.29, 1.82) is 0 Å². The van der Waals surface area contributed by atoms with Gasteiger partial charge in [0.05, 0.1) is 0 Å². The van der Waals surface area contributed by atoms with Gasteiger partial charge in [0.1, 0.15) is 0 Å². The van der Waals surface area contributed by atoms with E-state index in [1.54, 1.807) is 30.3 Å². The highest BCUT2D eigenvalue weighted by molar-refractivity contribution is 6.02. The quantitative estimate of drug-likeness (QED) is 0.824. The lowest BCUT2D eigenvalue weighted by atomic mass is 10.1. The third-order valence-corrected chi connectivity index (χ3v) is 3.27. The van der Waals surface area contributed by atoms with E-state index in [1.165, 1.54) is 18.6 Å². The number of aryl methyl sites for hydroxylation is 1. The van der Waals surface area contributed by atoms with E-state index in [1.807, 2.05) is 12.1 Å². The summed E-state index contributed by atoms with van der Waals surface area (Å²) in [4.78, 5) is 23.0.